The fourth-order valence-corrected chi connectivity index (χ4v) is 1.86. The van der Waals surface area contributed by atoms with E-state index in [2.05, 4.69) is 4.98 Å². The quantitative estimate of drug-likeness (QED) is 0.739. The van der Waals surface area contributed by atoms with E-state index in [1.54, 1.807) is 24.5 Å². The van der Waals surface area contributed by atoms with Gasteiger partial charge in [-0.2, -0.15) is 0 Å². The van der Waals surface area contributed by atoms with E-state index in [1.165, 1.54) is 6.07 Å². The predicted molar refractivity (Wildman–Crippen MR) is 62.9 cm³/mol. The molecular weight excluding hydrogens is 225 g/mol. The summed E-state index contributed by atoms with van der Waals surface area (Å²) >= 11 is 6.22. The van der Waals surface area contributed by atoms with Gasteiger partial charge in [0.05, 0.1) is 5.38 Å². The standard InChI is InChI=1S/C13H11ClFN/c14-12(10-5-7-16-8-6-10)9-11-3-1-2-4-13(11)15/h1-8,12H,9H2. The van der Waals surface area contributed by atoms with Gasteiger partial charge >= 0.3 is 0 Å². The number of benzene rings is 1. The van der Waals surface area contributed by atoms with Crippen molar-refractivity contribution in [3.8, 4) is 0 Å². The Balaban J connectivity index is 2.14. The van der Waals surface area contributed by atoms with Crippen molar-refractivity contribution in [2.75, 3.05) is 0 Å². The lowest BCUT2D eigenvalue weighted by Crippen LogP contribution is -1.98. The molecule has 0 fully saturated rings. The zero-order valence-corrected chi connectivity index (χ0v) is 9.36. The molecule has 82 valence electrons. The largest absolute Gasteiger partial charge is 0.265 e. The van der Waals surface area contributed by atoms with Gasteiger partial charge in [-0.15, -0.1) is 11.6 Å². The number of nitrogens with zero attached hydrogens (tertiary/aromatic N) is 1. The second kappa shape index (κ2) is 5.08. The van der Waals surface area contributed by atoms with E-state index < -0.39 is 0 Å². The molecule has 0 amide bonds. The lowest BCUT2D eigenvalue weighted by molar-refractivity contribution is 0.607. The number of hydrogen-bond donors (Lipinski definition) is 0. The van der Waals surface area contributed by atoms with E-state index in [4.69, 9.17) is 11.6 Å². The van der Waals surface area contributed by atoms with E-state index in [0.717, 1.165) is 5.56 Å². The van der Waals surface area contributed by atoms with Crippen molar-refractivity contribution < 1.29 is 4.39 Å². The highest BCUT2D eigenvalue weighted by Crippen LogP contribution is 2.25. The maximum Gasteiger partial charge on any atom is 0.126 e. The van der Waals surface area contributed by atoms with Crippen LogP contribution in [0.5, 0.6) is 0 Å². The van der Waals surface area contributed by atoms with Gasteiger partial charge in [0.2, 0.25) is 0 Å². The van der Waals surface area contributed by atoms with Crippen molar-refractivity contribution in [1.82, 2.24) is 4.98 Å². The SMILES string of the molecule is Fc1ccccc1CC(Cl)c1ccncc1. The van der Waals surface area contributed by atoms with Gasteiger partial charge in [0, 0.05) is 12.4 Å². The Hall–Kier alpha value is -1.41. The van der Waals surface area contributed by atoms with Crippen LogP contribution in [0.15, 0.2) is 48.8 Å². The second-order valence-corrected chi connectivity index (χ2v) is 4.07. The molecule has 3 heteroatoms. The lowest BCUT2D eigenvalue weighted by atomic mass is 10.0. The third-order valence-corrected chi connectivity index (χ3v) is 2.83. The lowest BCUT2D eigenvalue weighted by Gasteiger charge is -2.10. The summed E-state index contributed by atoms with van der Waals surface area (Å²) in [6.45, 7) is 0. The molecule has 2 aromatic rings. The molecule has 1 aromatic heterocycles. The molecule has 0 aliphatic carbocycles. The zero-order valence-electron chi connectivity index (χ0n) is 8.61. The van der Waals surface area contributed by atoms with Gasteiger partial charge in [-0.05, 0) is 35.7 Å². The predicted octanol–water partition coefficient (Wildman–Crippen LogP) is 3.74. The van der Waals surface area contributed by atoms with Crippen molar-refractivity contribution in [3.63, 3.8) is 0 Å². The molecule has 1 unspecified atom stereocenters. The van der Waals surface area contributed by atoms with E-state index in [9.17, 15) is 4.39 Å². The van der Waals surface area contributed by atoms with Crippen LogP contribution in [0, 0.1) is 5.82 Å². The summed E-state index contributed by atoms with van der Waals surface area (Å²) in [5.41, 5.74) is 1.60. The normalized spacial score (nSPS) is 12.4. The molecular formula is C13H11ClFN. The molecule has 2 rings (SSSR count). The highest BCUT2D eigenvalue weighted by atomic mass is 35.5. The first-order valence-corrected chi connectivity index (χ1v) is 5.48. The Bertz CT molecular complexity index is 458. The average molecular weight is 236 g/mol. The Morgan fingerprint density at radius 1 is 1.12 bits per heavy atom. The molecule has 0 spiro atoms. The minimum Gasteiger partial charge on any atom is -0.265 e. The van der Waals surface area contributed by atoms with E-state index >= 15 is 0 Å². The highest BCUT2D eigenvalue weighted by molar-refractivity contribution is 6.20. The molecule has 0 aliphatic rings. The third kappa shape index (κ3) is 2.58. The summed E-state index contributed by atoms with van der Waals surface area (Å²) in [4.78, 5) is 3.92. The molecule has 1 heterocycles. The fraction of sp³-hybridized carbons (Fsp3) is 0.154. The van der Waals surface area contributed by atoms with Crippen molar-refractivity contribution in [2.24, 2.45) is 0 Å². The Morgan fingerprint density at radius 3 is 2.50 bits per heavy atom. The number of alkyl halides is 1. The summed E-state index contributed by atoms with van der Waals surface area (Å²) in [5.74, 6) is -0.206. The monoisotopic (exact) mass is 235 g/mol. The van der Waals surface area contributed by atoms with Crippen molar-refractivity contribution in [3.05, 3.63) is 65.7 Å². The fourth-order valence-electron chi connectivity index (χ4n) is 1.55. The van der Waals surface area contributed by atoms with Crippen molar-refractivity contribution in [1.29, 1.82) is 0 Å². The Labute approximate surface area is 98.9 Å². The number of aromatic nitrogens is 1. The van der Waals surface area contributed by atoms with Crippen LogP contribution in [0.1, 0.15) is 16.5 Å². The topological polar surface area (TPSA) is 12.9 Å². The van der Waals surface area contributed by atoms with E-state index in [0.29, 0.717) is 12.0 Å². The van der Waals surface area contributed by atoms with E-state index in [1.807, 2.05) is 18.2 Å². The first kappa shape index (κ1) is 11.1. The first-order chi connectivity index (χ1) is 7.77. The average Bonchev–Trinajstić information content (AvgIpc) is 2.33. The van der Waals surface area contributed by atoms with E-state index in [-0.39, 0.29) is 11.2 Å². The summed E-state index contributed by atoms with van der Waals surface area (Å²) in [6, 6.07) is 10.4. The highest BCUT2D eigenvalue weighted by Gasteiger charge is 2.10. The number of pyridine rings is 1. The summed E-state index contributed by atoms with van der Waals surface area (Å²) in [6.07, 6.45) is 3.86. The van der Waals surface area contributed by atoms with Crippen molar-refractivity contribution >= 4 is 11.6 Å². The molecule has 0 bridgehead atoms. The van der Waals surface area contributed by atoms with Crippen LogP contribution in [0.4, 0.5) is 4.39 Å². The summed E-state index contributed by atoms with van der Waals surface area (Å²) < 4.78 is 13.4. The molecule has 0 saturated carbocycles. The maximum absolute atomic E-state index is 13.4. The molecule has 1 aromatic carbocycles. The smallest absolute Gasteiger partial charge is 0.126 e. The van der Waals surface area contributed by atoms with Crippen LogP contribution >= 0.6 is 11.6 Å². The molecule has 0 N–H and O–H groups in total. The van der Waals surface area contributed by atoms with Gasteiger partial charge in [-0.3, -0.25) is 4.98 Å². The van der Waals surface area contributed by atoms with Gasteiger partial charge in [0.15, 0.2) is 0 Å². The molecule has 1 atom stereocenters. The molecule has 0 saturated heterocycles. The minimum absolute atomic E-state index is 0.206. The molecule has 16 heavy (non-hydrogen) atoms. The number of halogens is 2. The molecule has 0 radical (unpaired) electrons. The summed E-state index contributed by atoms with van der Waals surface area (Å²) in [7, 11) is 0. The van der Waals surface area contributed by atoms with Gasteiger partial charge in [-0.1, -0.05) is 18.2 Å². The Morgan fingerprint density at radius 2 is 1.81 bits per heavy atom. The second-order valence-electron chi connectivity index (χ2n) is 3.54. The van der Waals surface area contributed by atoms with Crippen molar-refractivity contribution in [2.45, 2.75) is 11.8 Å². The van der Waals surface area contributed by atoms with Gasteiger partial charge in [-0.25, -0.2) is 4.39 Å². The first-order valence-electron chi connectivity index (χ1n) is 5.05. The van der Waals surface area contributed by atoms with Crippen LogP contribution in [-0.4, -0.2) is 4.98 Å². The van der Waals surface area contributed by atoms with Crippen LogP contribution in [-0.2, 0) is 6.42 Å². The number of rotatable bonds is 3. The Kier molecular flexibility index (Phi) is 3.52. The van der Waals surface area contributed by atoms with Gasteiger partial charge in [0.1, 0.15) is 5.82 Å². The zero-order chi connectivity index (χ0) is 11.4. The number of hydrogen-bond acceptors (Lipinski definition) is 1. The van der Waals surface area contributed by atoms with Crippen LogP contribution in [0.3, 0.4) is 0 Å². The van der Waals surface area contributed by atoms with Crippen LogP contribution in [0.25, 0.3) is 0 Å². The molecule has 1 nitrogen and oxygen atoms in total. The van der Waals surface area contributed by atoms with Crippen LogP contribution < -0.4 is 0 Å². The minimum atomic E-state index is -0.222. The third-order valence-electron chi connectivity index (χ3n) is 2.42. The molecule has 0 aliphatic heterocycles. The van der Waals surface area contributed by atoms with Gasteiger partial charge < -0.3 is 0 Å². The summed E-state index contributed by atoms with van der Waals surface area (Å²) in [5, 5.41) is -0.222. The van der Waals surface area contributed by atoms with Crippen LogP contribution in [0.2, 0.25) is 0 Å². The van der Waals surface area contributed by atoms with Gasteiger partial charge in [0.25, 0.3) is 0 Å². The maximum atomic E-state index is 13.4.